The Morgan fingerprint density at radius 1 is 1.03 bits per heavy atom. The van der Waals surface area contributed by atoms with Gasteiger partial charge in [0.05, 0.1) is 16.6 Å². The van der Waals surface area contributed by atoms with Gasteiger partial charge in [-0.3, -0.25) is 13.9 Å². The number of aryl methyl sites for hydroxylation is 2. The lowest BCUT2D eigenvalue weighted by Gasteiger charge is -2.10. The molecule has 150 valence electrons. The van der Waals surface area contributed by atoms with Gasteiger partial charge < -0.3 is 9.13 Å². The van der Waals surface area contributed by atoms with Crippen molar-refractivity contribution in [3.05, 3.63) is 67.0 Å². The van der Waals surface area contributed by atoms with Crippen molar-refractivity contribution in [1.29, 1.82) is 0 Å². The fourth-order valence-electron chi connectivity index (χ4n) is 3.00. The first-order valence-electron chi connectivity index (χ1n) is 8.53. The molecular weight excluding hydrogens is 435 g/mol. The van der Waals surface area contributed by atoms with Crippen LogP contribution in [0.25, 0.3) is 11.2 Å². The Balaban J connectivity index is 1.96. The Morgan fingerprint density at radius 2 is 1.79 bits per heavy atom. The normalized spacial score (nSPS) is 11.5. The number of benzene rings is 1. The smallest absolute Gasteiger partial charge is 0.329 e. The summed E-state index contributed by atoms with van der Waals surface area (Å²) in [5.41, 5.74) is 0.640. The van der Waals surface area contributed by atoms with Gasteiger partial charge in [-0.1, -0.05) is 29.3 Å². The lowest BCUT2D eigenvalue weighted by Crippen LogP contribution is -2.37. The van der Waals surface area contributed by atoms with E-state index in [0.29, 0.717) is 38.1 Å². The molecule has 0 radical (unpaired) electrons. The van der Waals surface area contributed by atoms with E-state index in [9.17, 15) is 9.59 Å². The van der Waals surface area contributed by atoms with E-state index in [2.05, 4.69) is 9.97 Å². The third-order valence-electron chi connectivity index (χ3n) is 4.60. The van der Waals surface area contributed by atoms with Crippen molar-refractivity contribution in [2.75, 3.05) is 0 Å². The van der Waals surface area contributed by atoms with Gasteiger partial charge in [0.15, 0.2) is 21.5 Å². The molecule has 8 nitrogen and oxygen atoms in total. The predicted molar refractivity (Wildman–Crippen MR) is 113 cm³/mol. The van der Waals surface area contributed by atoms with Crippen molar-refractivity contribution < 1.29 is 0 Å². The molecule has 0 bridgehead atoms. The van der Waals surface area contributed by atoms with E-state index in [4.69, 9.17) is 23.2 Å². The summed E-state index contributed by atoms with van der Waals surface area (Å²) >= 11 is 13.5. The van der Waals surface area contributed by atoms with E-state index in [-0.39, 0.29) is 0 Å². The summed E-state index contributed by atoms with van der Waals surface area (Å²) in [7, 11) is 4.91. The number of hydrogen-bond acceptors (Lipinski definition) is 5. The highest BCUT2D eigenvalue weighted by atomic mass is 35.5. The summed E-state index contributed by atoms with van der Waals surface area (Å²) in [6.45, 7) is 0.327. The second-order valence-corrected chi connectivity index (χ2v) is 8.28. The maximum Gasteiger partial charge on any atom is 0.332 e. The summed E-state index contributed by atoms with van der Waals surface area (Å²) in [4.78, 5) is 34.2. The third kappa shape index (κ3) is 3.39. The lowest BCUT2D eigenvalue weighted by molar-refractivity contribution is 0.695. The number of halogens is 2. The molecule has 0 fully saturated rings. The van der Waals surface area contributed by atoms with E-state index in [1.54, 1.807) is 29.9 Å². The quantitative estimate of drug-likeness (QED) is 0.477. The van der Waals surface area contributed by atoms with Gasteiger partial charge >= 0.3 is 5.69 Å². The number of rotatable bonds is 4. The topological polar surface area (TPSA) is 79.6 Å². The van der Waals surface area contributed by atoms with Gasteiger partial charge in [-0.25, -0.2) is 14.8 Å². The van der Waals surface area contributed by atoms with E-state index >= 15 is 0 Å². The van der Waals surface area contributed by atoms with Crippen molar-refractivity contribution in [3.63, 3.8) is 0 Å². The Labute approximate surface area is 179 Å². The number of imidazole rings is 2. The van der Waals surface area contributed by atoms with Crippen molar-refractivity contribution >= 4 is 46.1 Å². The van der Waals surface area contributed by atoms with Crippen LogP contribution in [0.1, 0.15) is 5.56 Å². The molecule has 3 aromatic heterocycles. The van der Waals surface area contributed by atoms with E-state index in [1.807, 2.05) is 23.9 Å². The van der Waals surface area contributed by atoms with Gasteiger partial charge in [-0.2, -0.15) is 0 Å². The summed E-state index contributed by atoms with van der Waals surface area (Å²) in [5, 5.41) is 2.12. The van der Waals surface area contributed by atoms with Crippen molar-refractivity contribution in [2.45, 2.75) is 16.9 Å². The second kappa shape index (κ2) is 7.40. The Hall–Kier alpha value is -2.49. The monoisotopic (exact) mass is 450 g/mol. The average molecular weight is 451 g/mol. The van der Waals surface area contributed by atoms with E-state index < -0.39 is 11.2 Å². The van der Waals surface area contributed by atoms with Crippen LogP contribution in [0, 0.1) is 0 Å². The molecule has 0 spiro atoms. The van der Waals surface area contributed by atoms with Crippen LogP contribution < -0.4 is 11.2 Å². The highest BCUT2D eigenvalue weighted by Gasteiger charge is 2.21. The molecule has 4 rings (SSSR count). The van der Waals surface area contributed by atoms with Gasteiger partial charge in [0, 0.05) is 33.5 Å². The number of fused-ring (bicyclic) bond motifs is 1. The molecule has 11 heteroatoms. The molecule has 0 aliphatic heterocycles. The zero-order chi connectivity index (χ0) is 20.9. The zero-order valence-electron chi connectivity index (χ0n) is 15.8. The van der Waals surface area contributed by atoms with Crippen molar-refractivity contribution in [2.24, 2.45) is 21.1 Å². The first kappa shape index (κ1) is 19.8. The lowest BCUT2D eigenvalue weighted by atomic mass is 10.2. The fraction of sp³-hybridized carbons (Fsp3) is 0.222. The summed E-state index contributed by atoms with van der Waals surface area (Å²) < 4.78 is 6.07. The Kier molecular flexibility index (Phi) is 5.05. The molecule has 0 N–H and O–H groups in total. The maximum absolute atomic E-state index is 12.9. The number of aromatic nitrogens is 6. The highest BCUT2D eigenvalue weighted by molar-refractivity contribution is 7.99. The first-order valence-corrected chi connectivity index (χ1v) is 10.1. The van der Waals surface area contributed by atoms with Gasteiger partial charge in [-0.15, -0.1) is 0 Å². The first-order chi connectivity index (χ1) is 13.8. The van der Waals surface area contributed by atoms with Crippen LogP contribution in [-0.4, -0.2) is 28.2 Å². The van der Waals surface area contributed by atoms with Gasteiger partial charge in [0.1, 0.15) is 0 Å². The van der Waals surface area contributed by atoms with Crippen LogP contribution in [-0.2, 0) is 27.7 Å². The van der Waals surface area contributed by atoms with Crippen LogP contribution in [0.5, 0.6) is 0 Å². The van der Waals surface area contributed by atoms with Crippen molar-refractivity contribution in [1.82, 2.24) is 28.2 Å². The largest absolute Gasteiger partial charge is 0.332 e. The molecule has 29 heavy (non-hydrogen) atoms. The molecule has 0 saturated heterocycles. The van der Waals surface area contributed by atoms with Crippen molar-refractivity contribution in [3.8, 4) is 0 Å². The Morgan fingerprint density at radius 3 is 2.45 bits per heavy atom. The van der Waals surface area contributed by atoms with Gasteiger partial charge in [0.2, 0.25) is 0 Å². The van der Waals surface area contributed by atoms with Crippen LogP contribution in [0.2, 0.25) is 10.0 Å². The molecule has 3 heterocycles. The maximum atomic E-state index is 12.9. The van der Waals surface area contributed by atoms with E-state index in [0.717, 1.165) is 10.1 Å². The van der Waals surface area contributed by atoms with Gasteiger partial charge in [-0.05, 0) is 29.5 Å². The summed E-state index contributed by atoms with van der Waals surface area (Å²) in [6, 6.07) is 5.29. The third-order valence-corrected chi connectivity index (χ3v) is 6.41. The molecule has 0 unspecified atom stereocenters. The van der Waals surface area contributed by atoms with Gasteiger partial charge in [0.25, 0.3) is 5.56 Å². The minimum absolute atomic E-state index is 0.315. The SMILES string of the molecule is Cn1ccnc1Sc1nc2c(c(=O)n(C)c(=O)n2C)n1Cc1ccc(Cl)c(Cl)c1. The molecule has 0 amide bonds. The summed E-state index contributed by atoms with van der Waals surface area (Å²) in [5.74, 6) is 0. The number of hydrogen-bond donors (Lipinski definition) is 0. The predicted octanol–water partition coefficient (Wildman–Crippen LogP) is 2.67. The van der Waals surface area contributed by atoms with Crippen LogP contribution in [0.3, 0.4) is 0 Å². The Bertz CT molecular complexity index is 1370. The second-order valence-electron chi connectivity index (χ2n) is 6.53. The fourth-order valence-corrected chi connectivity index (χ4v) is 4.20. The molecule has 1 aromatic carbocycles. The summed E-state index contributed by atoms with van der Waals surface area (Å²) in [6.07, 6.45) is 3.51. The molecule has 0 aliphatic carbocycles. The minimum Gasteiger partial charge on any atom is -0.329 e. The molecule has 0 saturated carbocycles. The van der Waals surface area contributed by atoms with E-state index in [1.165, 1.54) is 23.4 Å². The highest BCUT2D eigenvalue weighted by Crippen LogP contribution is 2.29. The number of nitrogens with zero attached hydrogens (tertiary/aromatic N) is 6. The average Bonchev–Trinajstić information content (AvgIpc) is 3.25. The van der Waals surface area contributed by atoms with Crippen LogP contribution in [0.4, 0.5) is 0 Å². The van der Waals surface area contributed by atoms with Crippen LogP contribution in [0.15, 0.2) is 50.5 Å². The zero-order valence-corrected chi connectivity index (χ0v) is 18.1. The molecule has 0 atom stereocenters. The van der Waals surface area contributed by atoms with Crippen LogP contribution >= 0.6 is 35.0 Å². The molecule has 4 aromatic rings. The molecular formula is C18H16Cl2N6O2S. The molecule has 0 aliphatic rings. The standard InChI is InChI=1S/C18H16Cl2N6O2S/c1-23-7-6-21-16(23)29-17-22-14-13(15(27)25(3)18(28)24(14)2)26(17)9-10-4-5-11(19)12(20)8-10/h4-8H,9H2,1-3H3. The minimum atomic E-state index is -0.435.